The van der Waals surface area contributed by atoms with Crippen LogP contribution in [0.5, 0.6) is 0 Å². The molecule has 0 bridgehead atoms. The van der Waals surface area contributed by atoms with E-state index in [1.807, 2.05) is 50.2 Å². The number of carbonyl (C=O) groups is 2. The largest absolute Gasteiger partial charge is 0.344 e. The molecule has 0 saturated carbocycles. The van der Waals surface area contributed by atoms with Crippen molar-refractivity contribution in [3.05, 3.63) is 88.4 Å². The lowest BCUT2D eigenvalue weighted by Gasteiger charge is -2.20. The van der Waals surface area contributed by atoms with Crippen LogP contribution in [-0.2, 0) is 0 Å². The quantitative estimate of drug-likeness (QED) is 0.447. The number of benzene rings is 2. The Kier molecular flexibility index (Phi) is 6.74. The molecular formula is C25H24N6O2S. The number of carbonyl (C=O) groups excluding carboxylic acids is 2. The van der Waals surface area contributed by atoms with Crippen LogP contribution in [0, 0.1) is 13.8 Å². The first kappa shape index (κ1) is 23.2. The van der Waals surface area contributed by atoms with Crippen molar-refractivity contribution in [3.8, 4) is 11.1 Å². The van der Waals surface area contributed by atoms with Gasteiger partial charge in [-0.05, 0) is 61.6 Å². The summed E-state index contributed by atoms with van der Waals surface area (Å²) < 4.78 is 3.87. The van der Waals surface area contributed by atoms with Gasteiger partial charge < -0.3 is 10.2 Å². The van der Waals surface area contributed by atoms with E-state index < -0.39 is 0 Å². The van der Waals surface area contributed by atoms with E-state index >= 15 is 0 Å². The lowest BCUT2D eigenvalue weighted by atomic mass is 10.00. The third kappa shape index (κ3) is 4.99. The van der Waals surface area contributed by atoms with Crippen molar-refractivity contribution in [2.75, 3.05) is 11.9 Å². The normalized spacial score (nSPS) is 11.6. The molecule has 2 aromatic carbocycles. The summed E-state index contributed by atoms with van der Waals surface area (Å²) in [6, 6.07) is 13.1. The lowest BCUT2D eigenvalue weighted by Crippen LogP contribution is -2.29. The minimum Gasteiger partial charge on any atom is -0.344 e. The van der Waals surface area contributed by atoms with Crippen LogP contribution in [0.3, 0.4) is 0 Å². The number of rotatable bonds is 6. The van der Waals surface area contributed by atoms with Crippen molar-refractivity contribution >= 4 is 29.0 Å². The second kappa shape index (κ2) is 9.88. The maximum atomic E-state index is 13.2. The molecule has 0 aliphatic heterocycles. The van der Waals surface area contributed by atoms with Crippen molar-refractivity contribution in [3.63, 3.8) is 0 Å². The van der Waals surface area contributed by atoms with Crippen LogP contribution in [0.15, 0.2) is 61.1 Å². The van der Waals surface area contributed by atoms with E-state index in [1.165, 1.54) is 4.90 Å². The Labute approximate surface area is 201 Å². The second-order valence-corrected chi connectivity index (χ2v) is 8.77. The zero-order chi connectivity index (χ0) is 24.2. The van der Waals surface area contributed by atoms with Crippen molar-refractivity contribution in [1.82, 2.24) is 24.9 Å². The molecule has 0 radical (unpaired) electrons. The maximum absolute atomic E-state index is 13.2. The van der Waals surface area contributed by atoms with Gasteiger partial charge in [-0.1, -0.05) is 34.3 Å². The monoisotopic (exact) mass is 472 g/mol. The Hall–Kier alpha value is -3.98. The average Bonchev–Trinajstić information content (AvgIpc) is 3.29. The van der Waals surface area contributed by atoms with Gasteiger partial charge in [-0.25, -0.2) is 0 Å². The molecule has 8 nitrogen and oxygen atoms in total. The van der Waals surface area contributed by atoms with E-state index in [0.29, 0.717) is 27.5 Å². The zero-order valence-electron chi connectivity index (χ0n) is 19.3. The molecule has 0 saturated heterocycles. The molecule has 4 rings (SSSR count). The molecule has 1 unspecified atom stereocenters. The smallest absolute Gasteiger partial charge is 0.271 e. The summed E-state index contributed by atoms with van der Waals surface area (Å²) in [5.74, 6) is -0.502. The lowest BCUT2D eigenvalue weighted by molar-refractivity contribution is 0.0937. The summed E-state index contributed by atoms with van der Waals surface area (Å²) >= 11 is 1.05. The zero-order valence-corrected chi connectivity index (χ0v) is 20.1. The Morgan fingerprint density at radius 2 is 1.79 bits per heavy atom. The minimum absolute atomic E-state index is 0.229. The Morgan fingerprint density at radius 1 is 1.03 bits per heavy atom. The van der Waals surface area contributed by atoms with Crippen LogP contribution >= 0.6 is 11.5 Å². The van der Waals surface area contributed by atoms with Gasteiger partial charge in [-0.3, -0.25) is 19.6 Å². The highest BCUT2D eigenvalue weighted by molar-refractivity contribution is 7.08. The summed E-state index contributed by atoms with van der Waals surface area (Å²) in [5.41, 5.74) is 5.17. The molecular weight excluding hydrogens is 448 g/mol. The minimum atomic E-state index is -0.335. The molecule has 2 amide bonds. The fourth-order valence-corrected chi connectivity index (χ4v) is 4.07. The third-order valence-corrected chi connectivity index (χ3v) is 6.29. The van der Waals surface area contributed by atoms with Crippen LogP contribution in [0.25, 0.3) is 11.1 Å². The van der Waals surface area contributed by atoms with Gasteiger partial charge in [0.1, 0.15) is 4.88 Å². The maximum Gasteiger partial charge on any atom is 0.271 e. The number of anilines is 1. The number of nitrogens with one attached hydrogen (secondary N) is 1. The van der Waals surface area contributed by atoms with Crippen LogP contribution in [-0.4, -0.2) is 38.4 Å². The molecule has 0 spiro atoms. The van der Waals surface area contributed by atoms with Gasteiger partial charge in [0, 0.05) is 30.7 Å². The molecule has 1 atom stereocenters. The van der Waals surface area contributed by atoms with E-state index in [4.69, 9.17) is 0 Å². The van der Waals surface area contributed by atoms with Gasteiger partial charge in [0.05, 0.1) is 23.6 Å². The van der Waals surface area contributed by atoms with Gasteiger partial charge in [-0.2, -0.15) is 0 Å². The first-order valence-electron chi connectivity index (χ1n) is 10.7. The average molecular weight is 473 g/mol. The second-order valence-electron chi connectivity index (χ2n) is 8.01. The van der Waals surface area contributed by atoms with Gasteiger partial charge in [0.15, 0.2) is 0 Å². The van der Waals surface area contributed by atoms with Gasteiger partial charge in [0.2, 0.25) is 0 Å². The number of hydrogen-bond acceptors (Lipinski definition) is 7. The summed E-state index contributed by atoms with van der Waals surface area (Å²) in [6.45, 7) is 5.62. The van der Waals surface area contributed by atoms with Crippen molar-refractivity contribution in [1.29, 1.82) is 0 Å². The Balaban J connectivity index is 1.71. The van der Waals surface area contributed by atoms with E-state index in [9.17, 15) is 9.59 Å². The van der Waals surface area contributed by atoms with Crippen molar-refractivity contribution < 1.29 is 9.59 Å². The highest BCUT2D eigenvalue weighted by Gasteiger charge is 2.21. The molecule has 2 aromatic heterocycles. The molecule has 34 heavy (non-hydrogen) atoms. The SMILES string of the molecule is Cc1ccc(-c2cc(C(=O)NC(C)c3cnccn3)cc(N(C)C(=O)c3snnc3C)c2)cc1. The number of aryl methyl sites for hydroxylation is 2. The summed E-state index contributed by atoms with van der Waals surface area (Å²) in [4.78, 5) is 36.6. The first-order valence-corrected chi connectivity index (χ1v) is 11.5. The van der Waals surface area contributed by atoms with E-state index in [0.717, 1.165) is 28.2 Å². The standard InChI is InChI=1S/C25H24N6O2S/c1-15-5-7-18(8-6-15)19-11-20(24(32)28-16(2)22-14-26-9-10-27-22)13-21(12-19)31(4)25(33)23-17(3)29-30-34-23/h5-14,16H,1-4H3,(H,28,32). The molecule has 172 valence electrons. The predicted octanol–water partition coefficient (Wildman–Crippen LogP) is 4.38. The van der Waals surface area contributed by atoms with Crippen LogP contribution in [0.4, 0.5) is 5.69 Å². The summed E-state index contributed by atoms with van der Waals surface area (Å²) in [5, 5.41) is 6.91. The molecule has 1 N–H and O–H groups in total. The van der Waals surface area contributed by atoms with Crippen molar-refractivity contribution in [2.45, 2.75) is 26.8 Å². The number of amides is 2. The summed E-state index contributed by atoms with van der Waals surface area (Å²) in [7, 11) is 1.68. The topological polar surface area (TPSA) is 101 Å². The number of hydrogen-bond donors (Lipinski definition) is 1. The number of aromatic nitrogens is 4. The van der Waals surface area contributed by atoms with Crippen LogP contribution < -0.4 is 10.2 Å². The fraction of sp³-hybridized carbons (Fsp3) is 0.200. The van der Waals surface area contributed by atoms with Gasteiger partial charge >= 0.3 is 0 Å². The Bertz CT molecular complexity index is 1320. The fourth-order valence-electron chi connectivity index (χ4n) is 3.43. The molecule has 0 fully saturated rings. The highest BCUT2D eigenvalue weighted by Crippen LogP contribution is 2.29. The highest BCUT2D eigenvalue weighted by atomic mass is 32.1. The van der Waals surface area contributed by atoms with Gasteiger partial charge in [0.25, 0.3) is 11.8 Å². The first-order chi connectivity index (χ1) is 16.3. The number of nitrogens with zero attached hydrogens (tertiary/aromatic N) is 5. The molecule has 0 aliphatic carbocycles. The van der Waals surface area contributed by atoms with Crippen LogP contribution in [0.1, 0.15) is 49.9 Å². The van der Waals surface area contributed by atoms with Crippen LogP contribution in [0.2, 0.25) is 0 Å². The molecule has 9 heteroatoms. The molecule has 0 aliphatic rings. The van der Waals surface area contributed by atoms with Crippen molar-refractivity contribution in [2.24, 2.45) is 0 Å². The molecule has 4 aromatic rings. The van der Waals surface area contributed by atoms with Gasteiger partial charge in [-0.15, -0.1) is 5.10 Å². The molecule has 2 heterocycles. The summed E-state index contributed by atoms with van der Waals surface area (Å²) in [6.07, 6.45) is 4.80. The van der Waals surface area contributed by atoms with E-state index in [1.54, 1.807) is 38.6 Å². The third-order valence-electron chi connectivity index (χ3n) is 5.48. The Morgan fingerprint density at radius 3 is 2.44 bits per heavy atom. The van der Waals surface area contributed by atoms with E-state index in [2.05, 4.69) is 24.9 Å². The predicted molar refractivity (Wildman–Crippen MR) is 132 cm³/mol. The van der Waals surface area contributed by atoms with E-state index in [-0.39, 0.29) is 17.9 Å².